The number of ether oxygens (including phenoxy) is 1. The molecular weight excluding hydrogens is 256 g/mol. The summed E-state index contributed by atoms with van der Waals surface area (Å²) < 4.78 is 5.42. The Morgan fingerprint density at radius 1 is 1.40 bits per heavy atom. The first-order chi connectivity index (χ1) is 9.64. The van der Waals surface area contributed by atoms with Crippen molar-refractivity contribution in [2.24, 2.45) is 5.41 Å². The monoisotopic (exact) mass is 278 g/mol. The highest BCUT2D eigenvalue weighted by Gasteiger charge is 2.54. The fourth-order valence-corrected chi connectivity index (χ4v) is 3.48. The van der Waals surface area contributed by atoms with Gasteiger partial charge in [0, 0.05) is 30.4 Å². The SMILES string of the molecule is Cc1cc(CO)cc(N[C@@H]2C[C@@H](O)C23CCOCC3)n1. The Morgan fingerprint density at radius 3 is 2.80 bits per heavy atom. The van der Waals surface area contributed by atoms with Gasteiger partial charge in [0.1, 0.15) is 5.82 Å². The van der Waals surface area contributed by atoms with E-state index in [1.54, 1.807) is 0 Å². The third-order valence-corrected chi connectivity index (χ3v) is 4.76. The summed E-state index contributed by atoms with van der Waals surface area (Å²) in [5.74, 6) is 0.789. The predicted molar refractivity (Wildman–Crippen MR) is 75.4 cm³/mol. The van der Waals surface area contributed by atoms with Gasteiger partial charge in [0.25, 0.3) is 0 Å². The first-order valence-corrected chi connectivity index (χ1v) is 7.25. The van der Waals surface area contributed by atoms with Crippen LogP contribution >= 0.6 is 0 Å². The molecule has 0 aromatic carbocycles. The summed E-state index contributed by atoms with van der Waals surface area (Å²) in [6.45, 7) is 3.38. The van der Waals surface area contributed by atoms with Crippen LogP contribution in [0.25, 0.3) is 0 Å². The molecular formula is C15H22N2O3. The smallest absolute Gasteiger partial charge is 0.126 e. The fraction of sp³-hybridized carbons (Fsp3) is 0.667. The van der Waals surface area contributed by atoms with Gasteiger partial charge in [0.05, 0.1) is 12.7 Å². The number of nitrogens with zero attached hydrogens (tertiary/aromatic N) is 1. The van der Waals surface area contributed by atoms with Crippen LogP contribution in [-0.4, -0.2) is 40.6 Å². The fourth-order valence-electron chi connectivity index (χ4n) is 3.48. The Morgan fingerprint density at radius 2 is 2.15 bits per heavy atom. The van der Waals surface area contributed by atoms with Crippen LogP contribution < -0.4 is 5.32 Å². The largest absolute Gasteiger partial charge is 0.392 e. The lowest BCUT2D eigenvalue weighted by Gasteiger charge is -2.55. The van der Waals surface area contributed by atoms with Gasteiger partial charge in [-0.1, -0.05) is 0 Å². The quantitative estimate of drug-likeness (QED) is 0.775. The van der Waals surface area contributed by atoms with Crippen LogP contribution in [0.1, 0.15) is 30.5 Å². The average Bonchev–Trinajstić information content (AvgIpc) is 2.47. The summed E-state index contributed by atoms with van der Waals surface area (Å²) in [4.78, 5) is 4.47. The highest BCUT2D eigenvalue weighted by Crippen LogP contribution is 2.50. The van der Waals surface area contributed by atoms with Gasteiger partial charge in [-0.2, -0.15) is 0 Å². The van der Waals surface area contributed by atoms with Crippen molar-refractivity contribution in [1.29, 1.82) is 0 Å². The second-order valence-corrected chi connectivity index (χ2v) is 5.95. The van der Waals surface area contributed by atoms with Gasteiger partial charge in [0.2, 0.25) is 0 Å². The van der Waals surface area contributed by atoms with Crippen LogP contribution in [0.4, 0.5) is 5.82 Å². The zero-order chi connectivity index (χ0) is 14.2. The molecule has 5 heteroatoms. The number of aromatic nitrogens is 1. The third kappa shape index (κ3) is 2.30. The molecule has 3 rings (SSSR count). The summed E-state index contributed by atoms with van der Waals surface area (Å²) in [5, 5.41) is 22.9. The van der Waals surface area contributed by atoms with E-state index in [0.717, 1.165) is 49.6 Å². The molecule has 1 saturated heterocycles. The molecule has 0 radical (unpaired) electrons. The molecule has 20 heavy (non-hydrogen) atoms. The molecule has 1 aliphatic heterocycles. The number of aryl methyl sites for hydroxylation is 1. The molecule has 1 saturated carbocycles. The van der Waals surface area contributed by atoms with Gasteiger partial charge in [-0.25, -0.2) is 4.98 Å². The van der Waals surface area contributed by atoms with Crippen LogP contribution in [0.5, 0.6) is 0 Å². The highest BCUT2D eigenvalue weighted by molar-refractivity contribution is 5.42. The lowest BCUT2D eigenvalue weighted by atomic mass is 9.58. The topological polar surface area (TPSA) is 74.6 Å². The predicted octanol–water partition coefficient (Wildman–Crippen LogP) is 1.22. The van der Waals surface area contributed by atoms with E-state index >= 15 is 0 Å². The summed E-state index contributed by atoms with van der Waals surface area (Å²) in [7, 11) is 0. The first-order valence-electron chi connectivity index (χ1n) is 7.25. The van der Waals surface area contributed by atoms with E-state index in [9.17, 15) is 10.2 Å². The molecule has 0 unspecified atom stereocenters. The molecule has 110 valence electrons. The first kappa shape index (κ1) is 13.8. The minimum absolute atomic E-state index is 0.0182. The second kappa shape index (κ2) is 5.31. The number of aliphatic hydroxyl groups excluding tert-OH is 2. The van der Waals surface area contributed by atoms with Crippen LogP contribution in [0.15, 0.2) is 12.1 Å². The van der Waals surface area contributed by atoms with Crippen molar-refractivity contribution in [3.05, 3.63) is 23.4 Å². The number of hydrogen-bond acceptors (Lipinski definition) is 5. The normalized spacial score (nSPS) is 28.1. The molecule has 2 heterocycles. The standard InChI is InChI=1S/C15H22N2O3/c1-10-6-11(9-18)7-14(16-10)17-12-8-13(19)15(12)2-4-20-5-3-15/h6-7,12-13,18-19H,2-5,8-9H2,1H3,(H,16,17)/t12-,13-/m1/s1. The molecule has 1 spiro atoms. The molecule has 2 aliphatic rings. The highest BCUT2D eigenvalue weighted by atomic mass is 16.5. The van der Waals surface area contributed by atoms with Gasteiger partial charge in [-0.15, -0.1) is 0 Å². The molecule has 0 amide bonds. The van der Waals surface area contributed by atoms with Gasteiger partial charge in [-0.05, 0) is 43.9 Å². The maximum atomic E-state index is 10.2. The van der Waals surface area contributed by atoms with Gasteiger partial charge >= 0.3 is 0 Å². The Bertz CT molecular complexity index is 486. The van der Waals surface area contributed by atoms with Gasteiger partial charge in [0.15, 0.2) is 0 Å². The van der Waals surface area contributed by atoms with E-state index in [-0.39, 0.29) is 24.2 Å². The second-order valence-electron chi connectivity index (χ2n) is 5.95. The average molecular weight is 278 g/mol. The molecule has 0 bridgehead atoms. The maximum absolute atomic E-state index is 10.2. The van der Waals surface area contributed by atoms with Crippen molar-refractivity contribution in [3.8, 4) is 0 Å². The zero-order valence-corrected chi connectivity index (χ0v) is 11.8. The Hall–Kier alpha value is -1.17. The van der Waals surface area contributed by atoms with E-state index < -0.39 is 0 Å². The van der Waals surface area contributed by atoms with Gasteiger partial charge in [-0.3, -0.25) is 0 Å². The Kier molecular flexibility index (Phi) is 3.67. The number of nitrogens with one attached hydrogen (secondary N) is 1. The van der Waals surface area contributed by atoms with Crippen molar-refractivity contribution < 1.29 is 14.9 Å². The van der Waals surface area contributed by atoms with Crippen LogP contribution in [0, 0.1) is 12.3 Å². The summed E-state index contributed by atoms with van der Waals surface area (Å²) in [6.07, 6.45) is 2.30. The number of pyridine rings is 1. The van der Waals surface area contributed by atoms with E-state index in [2.05, 4.69) is 10.3 Å². The van der Waals surface area contributed by atoms with Gasteiger partial charge < -0.3 is 20.3 Å². The van der Waals surface area contributed by atoms with E-state index in [4.69, 9.17) is 4.74 Å². The zero-order valence-electron chi connectivity index (χ0n) is 11.8. The van der Waals surface area contributed by atoms with Crippen LogP contribution in [0.3, 0.4) is 0 Å². The summed E-state index contributed by atoms with van der Waals surface area (Å²) in [5.41, 5.74) is 1.68. The van der Waals surface area contributed by atoms with Crippen molar-refractivity contribution in [3.63, 3.8) is 0 Å². The van der Waals surface area contributed by atoms with E-state index in [0.29, 0.717) is 0 Å². The number of aliphatic hydroxyl groups is 2. The molecule has 2 fully saturated rings. The minimum atomic E-state index is -0.244. The lowest BCUT2D eigenvalue weighted by Crippen LogP contribution is -2.62. The third-order valence-electron chi connectivity index (χ3n) is 4.76. The number of rotatable bonds is 3. The number of anilines is 1. The van der Waals surface area contributed by atoms with E-state index in [1.165, 1.54) is 0 Å². The molecule has 1 aliphatic carbocycles. The van der Waals surface area contributed by atoms with Crippen LogP contribution in [-0.2, 0) is 11.3 Å². The molecule has 3 N–H and O–H groups in total. The van der Waals surface area contributed by atoms with Crippen LogP contribution in [0.2, 0.25) is 0 Å². The minimum Gasteiger partial charge on any atom is -0.392 e. The lowest BCUT2D eigenvalue weighted by molar-refractivity contribution is -0.133. The summed E-state index contributed by atoms with van der Waals surface area (Å²) in [6, 6.07) is 4.00. The van der Waals surface area contributed by atoms with E-state index in [1.807, 2.05) is 19.1 Å². The summed E-state index contributed by atoms with van der Waals surface area (Å²) >= 11 is 0. The Balaban J connectivity index is 1.76. The maximum Gasteiger partial charge on any atom is 0.126 e. The number of hydrogen-bond donors (Lipinski definition) is 3. The Labute approximate surface area is 119 Å². The molecule has 5 nitrogen and oxygen atoms in total. The van der Waals surface area contributed by atoms with Crippen molar-refractivity contribution in [1.82, 2.24) is 4.98 Å². The van der Waals surface area contributed by atoms with Crippen molar-refractivity contribution >= 4 is 5.82 Å². The van der Waals surface area contributed by atoms with Crippen molar-refractivity contribution in [2.45, 2.75) is 44.9 Å². The molecule has 1 aromatic heterocycles. The van der Waals surface area contributed by atoms with Crippen molar-refractivity contribution in [2.75, 3.05) is 18.5 Å². The molecule has 2 atom stereocenters. The molecule has 1 aromatic rings.